The van der Waals surface area contributed by atoms with Gasteiger partial charge in [-0.1, -0.05) is 41.6 Å². The summed E-state index contributed by atoms with van der Waals surface area (Å²) in [6, 6.07) is 18.5. The molecule has 3 aromatic carbocycles. The van der Waals surface area contributed by atoms with Gasteiger partial charge < -0.3 is 5.11 Å². The largest absolute Gasteiger partial charge is 0.480 e. The molecule has 6 nitrogen and oxygen atoms in total. The van der Waals surface area contributed by atoms with E-state index in [1.54, 1.807) is 48.5 Å². The molecule has 0 aliphatic carbocycles. The third-order valence-corrected chi connectivity index (χ3v) is 6.45. The molecule has 34 heavy (non-hydrogen) atoms. The monoisotopic (exact) mass is 485 g/mol. The summed E-state index contributed by atoms with van der Waals surface area (Å²) in [7, 11) is 0. The van der Waals surface area contributed by atoms with Crippen molar-refractivity contribution >= 4 is 28.6 Å². The Morgan fingerprint density at radius 2 is 1.59 bits per heavy atom. The Hall–Kier alpha value is -3.66. The van der Waals surface area contributed by atoms with Crippen LogP contribution >= 0.6 is 11.8 Å². The predicted octanol–water partition coefficient (Wildman–Crippen LogP) is 5.11. The van der Waals surface area contributed by atoms with E-state index in [0.717, 1.165) is 28.6 Å². The number of aryl methyl sites for hydroxylation is 1. The van der Waals surface area contributed by atoms with Crippen molar-refractivity contribution in [2.24, 2.45) is 0 Å². The number of hydrogen-bond donors (Lipinski definition) is 1. The van der Waals surface area contributed by atoms with Crippen molar-refractivity contribution in [1.29, 1.82) is 0 Å². The highest BCUT2D eigenvalue weighted by Gasteiger charge is 2.30. The van der Waals surface area contributed by atoms with Crippen molar-refractivity contribution in [3.8, 4) is 11.1 Å². The fourth-order valence-electron chi connectivity index (χ4n) is 3.38. The Morgan fingerprint density at radius 3 is 2.21 bits per heavy atom. The Balaban J connectivity index is 1.44. The van der Waals surface area contributed by atoms with Crippen LogP contribution in [-0.4, -0.2) is 31.3 Å². The number of rotatable bonds is 7. The van der Waals surface area contributed by atoms with Crippen molar-refractivity contribution in [2.75, 3.05) is 0 Å². The first-order valence-electron chi connectivity index (χ1n) is 10.2. The minimum atomic E-state index is -4.39. The van der Waals surface area contributed by atoms with E-state index in [-0.39, 0.29) is 18.5 Å². The van der Waals surface area contributed by atoms with Crippen LogP contribution in [0.1, 0.15) is 12.0 Å². The van der Waals surface area contributed by atoms with Crippen LogP contribution in [0, 0.1) is 0 Å². The van der Waals surface area contributed by atoms with E-state index >= 15 is 0 Å². The number of aromatic nitrogens is 3. The molecule has 0 aliphatic heterocycles. The normalized spacial score (nSPS) is 12.6. The summed E-state index contributed by atoms with van der Waals surface area (Å²) in [4.78, 5) is 25.0. The van der Waals surface area contributed by atoms with Crippen LogP contribution in [-0.2, 0) is 17.5 Å². The minimum Gasteiger partial charge on any atom is -0.480 e. The molecule has 1 heterocycles. The summed E-state index contributed by atoms with van der Waals surface area (Å²) in [6.07, 6.45) is -4.25. The van der Waals surface area contributed by atoms with Gasteiger partial charge in [0.2, 0.25) is 0 Å². The highest BCUT2D eigenvalue weighted by atomic mass is 32.2. The second-order valence-corrected chi connectivity index (χ2v) is 8.74. The molecule has 1 aromatic heterocycles. The second kappa shape index (κ2) is 9.68. The van der Waals surface area contributed by atoms with Gasteiger partial charge in [-0.2, -0.15) is 13.2 Å². The van der Waals surface area contributed by atoms with Gasteiger partial charge in [0.05, 0.1) is 10.9 Å². The second-order valence-electron chi connectivity index (χ2n) is 7.47. The SMILES string of the molecule is O=C(O)C(CCn1nnc2ccccc2c1=O)Sc1ccc(-c2ccc(C(F)(F)F)cc2)cc1. The molecule has 0 spiro atoms. The lowest BCUT2D eigenvalue weighted by Gasteiger charge is -2.13. The molecular formula is C24H18F3N3O3S. The molecular weight excluding hydrogens is 467 g/mol. The topological polar surface area (TPSA) is 85.1 Å². The Labute approximate surface area is 196 Å². The number of thioether (sulfide) groups is 1. The van der Waals surface area contributed by atoms with Gasteiger partial charge in [0.25, 0.3) is 5.56 Å². The molecule has 4 rings (SSSR count). The van der Waals surface area contributed by atoms with Crippen LogP contribution in [0.25, 0.3) is 22.0 Å². The lowest BCUT2D eigenvalue weighted by Crippen LogP contribution is -2.27. The maximum atomic E-state index is 12.7. The first-order valence-corrected chi connectivity index (χ1v) is 11.1. The molecule has 0 saturated heterocycles. The molecule has 4 aromatic rings. The Bertz CT molecular complexity index is 1370. The van der Waals surface area contributed by atoms with E-state index in [1.165, 1.54) is 12.1 Å². The van der Waals surface area contributed by atoms with E-state index < -0.39 is 23.0 Å². The molecule has 1 N–H and O–H groups in total. The average molecular weight is 485 g/mol. The van der Waals surface area contributed by atoms with Gasteiger partial charge in [0.1, 0.15) is 10.8 Å². The number of carboxylic acid groups (broad SMARTS) is 1. The summed E-state index contributed by atoms with van der Waals surface area (Å²) in [5.41, 5.74) is 0.751. The Kier molecular flexibility index (Phi) is 6.69. The summed E-state index contributed by atoms with van der Waals surface area (Å²) in [5, 5.41) is 17.1. The van der Waals surface area contributed by atoms with E-state index in [2.05, 4.69) is 10.3 Å². The molecule has 10 heteroatoms. The Morgan fingerprint density at radius 1 is 0.971 bits per heavy atom. The minimum absolute atomic E-state index is 0.0876. The maximum absolute atomic E-state index is 12.7. The summed E-state index contributed by atoms with van der Waals surface area (Å²) < 4.78 is 39.4. The van der Waals surface area contributed by atoms with Crippen LogP contribution in [0.3, 0.4) is 0 Å². The van der Waals surface area contributed by atoms with E-state index in [1.807, 2.05) is 0 Å². The zero-order chi connectivity index (χ0) is 24.3. The van der Waals surface area contributed by atoms with Gasteiger partial charge in [-0.3, -0.25) is 9.59 Å². The number of halogens is 3. The summed E-state index contributed by atoms with van der Waals surface area (Å²) in [5.74, 6) is -1.03. The standard InChI is InChI=1S/C24H18F3N3O3S/c25-24(26,27)17-9-5-15(6-10-17)16-7-11-18(12-8-16)34-21(23(32)33)13-14-30-22(31)19-3-1-2-4-20(19)28-29-30/h1-12,21H,13-14H2,(H,32,33). The zero-order valence-electron chi connectivity index (χ0n) is 17.6. The summed E-state index contributed by atoms with van der Waals surface area (Å²) in [6.45, 7) is 0.0876. The van der Waals surface area contributed by atoms with E-state index in [4.69, 9.17) is 0 Å². The van der Waals surface area contributed by atoms with E-state index in [9.17, 15) is 27.9 Å². The number of carbonyl (C=O) groups is 1. The van der Waals surface area contributed by atoms with Gasteiger partial charge in [-0.15, -0.1) is 16.9 Å². The van der Waals surface area contributed by atoms with Crippen molar-refractivity contribution < 1.29 is 23.1 Å². The van der Waals surface area contributed by atoms with Crippen LogP contribution < -0.4 is 5.56 Å². The first kappa shape index (κ1) is 23.5. The molecule has 0 saturated carbocycles. The number of fused-ring (bicyclic) bond motifs is 1. The highest BCUT2D eigenvalue weighted by Crippen LogP contribution is 2.32. The van der Waals surface area contributed by atoms with Crippen molar-refractivity contribution in [1.82, 2.24) is 15.0 Å². The number of alkyl halides is 3. The fourth-order valence-corrected chi connectivity index (χ4v) is 4.33. The number of hydrogen-bond acceptors (Lipinski definition) is 5. The number of nitrogens with zero attached hydrogens (tertiary/aromatic N) is 3. The quantitative estimate of drug-likeness (QED) is 0.366. The lowest BCUT2D eigenvalue weighted by molar-refractivity contribution is -0.138. The van der Waals surface area contributed by atoms with Crippen LogP contribution in [0.5, 0.6) is 0 Å². The molecule has 1 unspecified atom stereocenters. The third-order valence-electron chi connectivity index (χ3n) is 5.19. The average Bonchev–Trinajstić information content (AvgIpc) is 2.83. The summed E-state index contributed by atoms with van der Waals surface area (Å²) >= 11 is 1.12. The van der Waals surface area contributed by atoms with Crippen LogP contribution in [0.4, 0.5) is 13.2 Å². The molecule has 0 bridgehead atoms. The van der Waals surface area contributed by atoms with Gasteiger partial charge in [0.15, 0.2) is 0 Å². The number of aliphatic carboxylic acids is 1. The maximum Gasteiger partial charge on any atom is 0.416 e. The van der Waals surface area contributed by atoms with Crippen molar-refractivity contribution in [3.63, 3.8) is 0 Å². The zero-order valence-corrected chi connectivity index (χ0v) is 18.4. The molecule has 1 atom stereocenters. The number of benzene rings is 3. The van der Waals surface area contributed by atoms with Crippen molar-refractivity contribution in [2.45, 2.75) is 29.3 Å². The van der Waals surface area contributed by atoms with Crippen LogP contribution in [0.15, 0.2) is 82.5 Å². The molecule has 0 fully saturated rings. The van der Waals surface area contributed by atoms with Gasteiger partial charge >= 0.3 is 12.1 Å². The van der Waals surface area contributed by atoms with Crippen molar-refractivity contribution in [3.05, 3.63) is 88.7 Å². The van der Waals surface area contributed by atoms with Gasteiger partial charge in [-0.25, -0.2) is 4.68 Å². The van der Waals surface area contributed by atoms with Gasteiger partial charge in [0, 0.05) is 11.4 Å². The smallest absolute Gasteiger partial charge is 0.416 e. The molecule has 0 aliphatic rings. The van der Waals surface area contributed by atoms with Gasteiger partial charge in [-0.05, 0) is 53.9 Å². The highest BCUT2D eigenvalue weighted by molar-refractivity contribution is 8.00. The molecule has 174 valence electrons. The number of carboxylic acids is 1. The first-order chi connectivity index (χ1) is 16.2. The lowest BCUT2D eigenvalue weighted by atomic mass is 10.0. The van der Waals surface area contributed by atoms with Crippen LogP contribution in [0.2, 0.25) is 0 Å². The fraction of sp³-hybridized carbons (Fsp3) is 0.167. The van der Waals surface area contributed by atoms with E-state index in [0.29, 0.717) is 26.9 Å². The predicted molar refractivity (Wildman–Crippen MR) is 123 cm³/mol. The molecule has 0 radical (unpaired) electrons. The molecule has 0 amide bonds. The third kappa shape index (κ3) is 5.28.